The third-order valence-corrected chi connectivity index (χ3v) is 5.38. The van der Waals surface area contributed by atoms with Crippen molar-refractivity contribution in [3.05, 3.63) is 34.5 Å². The number of hydrogen-bond donors (Lipinski definition) is 1. The molecule has 134 valence electrons. The number of thiophene rings is 1. The molecule has 0 saturated heterocycles. The molecule has 1 heterocycles. The standard InChI is InChI=1S/C18H20ClNO4S/c1-18(2,10-19)17(22)20-14-13(9-25-15(14)16(21)24-4)11-5-7-12(23-3)8-6-11/h5-9H,10H2,1-4H3,(H,20,22). The number of anilines is 1. The summed E-state index contributed by atoms with van der Waals surface area (Å²) in [6, 6.07) is 7.37. The van der Waals surface area contributed by atoms with E-state index in [1.54, 1.807) is 21.0 Å². The lowest BCUT2D eigenvalue weighted by Crippen LogP contribution is -2.32. The van der Waals surface area contributed by atoms with Crippen LogP contribution in [0.1, 0.15) is 23.5 Å². The zero-order valence-electron chi connectivity index (χ0n) is 14.5. The van der Waals surface area contributed by atoms with Gasteiger partial charge in [0.2, 0.25) is 5.91 Å². The van der Waals surface area contributed by atoms with Crippen molar-refractivity contribution in [1.82, 2.24) is 0 Å². The van der Waals surface area contributed by atoms with Gasteiger partial charge in [-0.1, -0.05) is 12.1 Å². The van der Waals surface area contributed by atoms with Crippen LogP contribution < -0.4 is 10.1 Å². The molecule has 1 N–H and O–H groups in total. The number of halogens is 1. The topological polar surface area (TPSA) is 64.6 Å². The van der Waals surface area contributed by atoms with Crippen LogP contribution in [-0.4, -0.2) is 32.0 Å². The smallest absolute Gasteiger partial charge is 0.350 e. The molecule has 0 atom stereocenters. The molecule has 0 spiro atoms. The van der Waals surface area contributed by atoms with Gasteiger partial charge in [-0.05, 0) is 31.5 Å². The number of ether oxygens (including phenoxy) is 2. The number of methoxy groups -OCH3 is 2. The maximum atomic E-state index is 12.5. The highest BCUT2D eigenvalue weighted by molar-refractivity contribution is 7.13. The Morgan fingerprint density at radius 1 is 1.20 bits per heavy atom. The van der Waals surface area contributed by atoms with Gasteiger partial charge in [0.05, 0.1) is 25.3 Å². The Balaban J connectivity index is 2.48. The molecule has 0 bridgehead atoms. The molecule has 1 amide bonds. The van der Waals surface area contributed by atoms with Gasteiger partial charge in [-0.3, -0.25) is 4.79 Å². The second kappa shape index (κ2) is 7.89. The molecule has 0 radical (unpaired) electrons. The summed E-state index contributed by atoms with van der Waals surface area (Å²) in [4.78, 5) is 25.0. The van der Waals surface area contributed by atoms with Gasteiger partial charge in [0.15, 0.2) is 0 Å². The van der Waals surface area contributed by atoms with Gasteiger partial charge in [-0.2, -0.15) is 0 Å². The third-order valence-electron chi connectivity index (χ3n) is 3.75. The van der Waals surface area contributed by atoms with E-state index in [9.17, 15) is 9.59 Å². The number of carbonyl (C=O) groups is 2. The van der Waals surface area contributed by atoms with Crippen molar-refractivity contribution in [1.29, 1.82) is 0 Å². The van der Waals surface area contributed by atoms with Crippen molar-refractivity contribution >= 4 is 40.5 Å². The van der Waals surface area contributed by atoms with Crippen molar-refractivity contribution in [3.63, 3.8) is 0 Å². The van der Waals surface area contributed by atoms with E-state index in [1.807, 2.05) is 29.6 Å². The normalized spacial score (nSPS) is 11.1. The summed E-state index contributed by atoms with van der Waals surface area (Å²) in [6.45, 7) is 3.49. The molecule has 2 rings (SSSR count). The minimum atomic E-state index is -0.770. The fourth-order valence-corrected chi connectivity index (χ4v) is 3.12. The molecular weight excluding hydrogens is 362 g/mol. The molecule has 0 saturated carbocycles. The highest BCUT2D eigenvalue weighted by Gasteiger charge is 2.29. The summed E-state index contributed by atoms with van der Waals surface area (Å²) < 4.78 is 9.99. The first-order valence-corrected chi connectivity index (χ1v) is 8.97. The van der Waals surface area contributed by atoms with Gasteiger partial charge in [-0.15, -0.1) is 22.9 Å². The first kappa shape index (κ1) is 19.3. The molecule has 1 aromatic carbocycles. The number of nitrogens with one attached hydrogen (secondary N) is 1. The highest BCUT2D eigenvalue weighted by Crippen LogP contribution is 2.38. The Labute approximate surface area is 155 Å². The number of rotatable bonds is 6. The van der Waals surface area contributed by atoms with Crippen LogP contribution in [0, 0.1) is 5.41 Å². The average molecular weight is 382 g/mol. The summed E-state index contributed by atoms with van der Waals surface area (Å²) in [6.07, 6.45) is 0. The number of benzene rings is 1. The molecule has 0 unspecified atom stereocenters. The maximum absolute atomic E-state index is 12.5. The number of hydrogen-bond acceptors (Lipinski definition) is 5. The SMILES string of the molecule is COC(=O)c1scc(-c2ccc(OC)cc2)c1NC(=O)C(C)(C)CCl. The van der Waals surface area contributed by atoms with Gasteiger partial charge in [0.1, 0.15) is 10.6 Å². The van der Waals surface area contributed by atoms with Gasteiger partial charge in [0, 0.05) is 16.8 Å². The van der Waals surface area contributed by atoms with E-state index >= 15 is 0 Å². The van der Waals surface area contributed by atoms with E-state index in [-0.39, 0.29) is 11.8 Å². The molecule has 0 aliphatic rings. The summed E-state index contributed by atoms with van der Waals surface area (Å²) in [5.74, 6) is 0.125. The molecular formula is C18H20ClNO4S. The quantitative estimate of drug-likeness (QED) is 0.594. The molecule has 7 heteroatoms. The largest absolute Gasteiger partial charge is 0.497 e. The number of alkyl halides is 1. The lowest BCUT2D eigenvalue weighted by atomic mass is 9.94. The Bertz CT molecular complexity index is 768. The van der Waals surface area contributed by atoms with Crippen LogP contribution in [0.2, 0.25) is 0 Å². The minimum Gasteiger partial charge on any atom is -0.497 e. The average Bonchev–Trinajstić information content (AvgIpc) is 3.04. The lowest BCUT2D eigenvalue weighted by molar-refractivity contribution is -0.122. The molecule has 25 heavy (non-hydrogen) atoms. The fraction of sp³-hybridized carbons (Fsp3) is 0.333. The number of carbonyl (C=O) groups excluding carboxylic acids is 2. The molecule has 0 aliphatic carbocycles. The fourth-order valence-electron chi connectivity index (χ4n) is 2.05. The van der Waals surface area contributed by atoms with E-state index in [0.717, 1.165) is 16.9 Å². The van der Waals surface area contributed by atoms with Crippen molar-refractivity contribution in [2.75, 3.05) is 25.4 Å². The van der Waals surface area contributed by atoms with Crippen molar-refractivity contribution in [2.24, 2.45) is 5.41 Å². The van der Waals surface area contributed by atoms with Gasteiger partial charge in [0.25, 0.3) is 0 Å². The lowest BCUT2D eigenvalue weighted by Gasteiger charge is -2.21. The van der Waals surface area contributed by atoms with Gasteiger partial charge >= 0.3 is 5.97 Å². The Kier molecular flexibility index (Phi) is 6.08. The first-order valence-electron chi connectivity index (χ1n) is 7.55. The van der Waals surface area contributed by atoms with E-state index < -0.39 is 11.4 Å². The third kappa shape index (κ3) is 4.14. The van der Waals surface area contributed by atoms with Crippen LogP contribution in [0.15, 0.2) is 29.6 Å². The zero-order valence-corrected chi connectivity index (χ0v) is 16.1. The summed E-state index contributed by atoms with van der Waals surface area (Å²) in [7, 11) is 2.90. The van der Waals surface area contributed by atoms with E-state index in [1.165, 1.54) is 18.4 Å². The van der Waals surface area contributed by atoms with Gasteiger partial charge < -0.3 is 14.8 Å². The minimum absolute atomic E-state index is 0.161. The molecule has 2 aromatic rings. The van der Waals surface area contributed by atoms with Crippen LogP contribution in [0.25, 0.3) is 11.1 Å². The highest BCUT2D eigenvalue weighted by atomic mass is 35.5. The van der Waals surface area contributed by atoms with Crippen LogP contribution in [0.4, 0.5) is 5.69 Å². The van der Waals surface area contributed by atoms with Crippen molar-refractivity contribution in [3.8, 4) is 16.9 Å². The Morgan fingerprint density at radius 2 is 1.84 bits per heavy atom. The maximum Gasteiger partial charge on any atom is 0.350 e. The monoisotopic (exact) mass is 381 g/mol. The Morgan fingerprint density at radius 3 is 2.36 bits per heavy atom. The number of amides is 1. The van der Waals surface area contributed by atoms with Crippen LogP contribution in [0.3, 0.4) is 0 Å². The molecule has 0 aliphatic heterocycles. The van der Waals surface area contributed by atoms with Crippen LogP contribution in [0.5, 0.6) is 5.75 Å². The predicted molar refractivity (Wildman–Crippen MR) is 101 cm³/mol. The van der Waals surface area contributed by atoms with E-state index in [0.29, 0.717) is 10.6 Å². The second-order valence-electron chi connectivity index (χ2n) is 6.05. The van der Waals surface area contributed by atoms with Crippen molar-refractivity contribution < 1.29 is 19.1 Å². The van der Waals surface area contributed by atoms with Crippen molar-refractivity contribution in [2.45, 2.75) is 13.8 Å². The molecule has 5 nitrogen and oxygen atoms in total. The Hall–Kier alpha value is -2.05. The van der Waals surface area contributed by atoms with E-state index in [4.69, 9.17) is 21.1 Å². The second-order valence-corrected chi connectivity index (χ2v) is 7.19. The molecule has 1 aromatic heterocycles. The molecule has 0 fully saturated rings. The van der Waals surface area contributed by atoms with Gasteiger partial charge in [-0.25, -0.2) is 4.79 Å². The van der Waals surface area contributed by atoms with E-state index in [2.05, 4.69) is 5.32 Å². The summed E-state index contributed by atoms with van der Waals surface area (Å²) in [5, 5.41) is 4.66. The summed E-state index contributed by atoms with van der Waals surface area (Å²) >= 11 is 7.10. The number of esters is 1. The first-order chi connectivity index (χ1) is 11.8. The summed E-state index contributed by atoms with van der Waals surface area (Å²) in [5.41, 5.74) is 1.26. The zero-order chi connectivity index (χ0) is 18.6. The predicted octanol–water partition coefficient (Wildman–Crippen LogP) is 4.41. The van der Waals surface area contributed by atoms with Crippen LogP contribution >= 0.6 is 22.9 Å². The van der Waals surface area contributed by atoms with Crippen LogP contribution in [-0.2, 0) is 9.53 Å².